The van der Waals surface area contributed by atoms with Gasteiger partial charge in [0.15, 0.2) is 0 Å². The number of nitrogens with one attached hydrogen (secondary N) is 1. The third kappa shape index (κ3) is 4.63. The van der Waals surface area contributed by atoms with Gasteiger partial charge in [-0.1, -0.05) is 41.9 Å². The van der Waals surface area contributed by atoms with E-state index in [4.69, 9.17) is 11.6 Å². The van der Waals surface area contributed by atoms with E-state index in [2.05, 4.69) is 5.32 Å². The molecular weight excluding hydrogens is 372 g/mol. The van der Waals surface area contributed by atoms with Crippen LogP contribution in [-0.2, 0) is 22.3 Å². The zero-order valence-corrected chi connectivity index (χ0v) is 15.9. The van der Waals surface area contributed by atoms with Gasteiger partial charge in [-0.15, -0.1) is 0 Å². The van der Waals surface area contributed by atoms with Gasteiger partial charge >= 0.3 is 0 Å². The van der Waals surface area contributed by atoms with Crippen LogP contribution in [0.3, 0.4) is 0 Å². The number of rotatable bonds is 6. The van der Waals surface area contributed by atoms with Crippen molar-refractivity contribution < 1.29 is 13.2 Å². The quantitative estimate of drug-likeness (QED) is 0.820. The van der Waals surface area contributed by atoms with Gasteiger partial charge < -0.3 is 5.32 Å². The van der Waals surface area contributed by atoms with Crippen molar-refractivity contribution in [1.29, 1.82) is 0 Å². The number of halogens is 1. The first-order valence-electron chi connectivity index (χ1n) is 8.54. The molecule has 1 heterocycles. The molecule has 0 radical (unpaired) electrons. The number of carbonyl (C=O) groups is 1. The van der Waals surface area contributed by atoms with Crippen LogP contribution in [0.5, 0.6) is 0 Å². The van der Waals surface area contributed by atoms with Crippen LogP contribution in [0, 0.1) is 0 Å². The maximum atomic E-state index is 12.3. The smallest absolute Gasteiger partial charge is 0.251 e. The van der Waals surface area contributed by atoms with Crippen LogP contribution in [-0.4, -0.2) is 31.7 Å². The molecule has 2 aromatic carbocycles. The van der Waals surface area contributed by atoms with E-state index >= 15 is 0 Å². The topological polar surface area (TPSA) is 66.5 Å². The molecule has 1 saturated heterocycles. The van der Waals surface area contributed by atoms with Crippen molar-refractivity contribution in [2.75, 3.05) is 13.1 Å². The summed E-state index contributed by atoms with van der Waals surface area (Å²) >= 11 is 6.08. The van der Waals surface area contributed by atoms with Crippen molar-refractivity contribution in [2.24, 2.45) is 0 Å². The van der Waals surface area contributed by atoms with E-state index in [1.807, 2.05) is 18.2 Å². The van der Waals surface area contributed by atoms with E-state index in [0.717, 1.165) is 18.4 Å². The van der Waals surface area contributed by atoms with Crippen LogP contribution in [0.1, 0.15) is 34.3 Å². The lowest BCUT2D eigenvalue weighted by Crippen LogP contribution is -2.29. The fraction of sp³-hybridized carbons (Fsp3) is 0.316. The third-order valence-electron chi connectivity index (χ3n) is 4.42. The van der Waals surface area contributed by atoms with E-state index in [1.54, 1.807) is 30.3 Å². The molecule has 2 aromatic rings. The average molecular weight is 393 g/mol. The van der Waals surface area contributed by atoms with Gasteiger partial charge in [-0.05, 0) is 42.2 Å². The first-order valence-corrected chi connectivity index (χ1v) is 10.5. The van der Waals surface area contributed by atoms with Gasteiger partial charge in [0.2, 0.25) is 10.0 Å². The molecule has 0 bridgehead atoms. The Balaban J connectivity index is 1.60. The number of sulfonamides is 1. The highest BCUT2D eigenvalue weighted by atomic mass is 35.5. The third-order valence-corrected chi connectivity index (χ3v) is 6.64. The number of benzene rings is 2. The summed E-state index contributed by atoms with van der Waals surface area (Å²) in [7, 11) is -3.28. The maximum absolute atomic E-state index is 12.3. The maximum Gasteiger partial charge on any atom is 0.251 e. The summed E-state index contributed by atoms with van der Waals surface area (Å²) in [4.78, 5) is 12.3. The minimum absolute atomic E-state index is 0.0332. The predicted octanol–water partition coefficient (Wildman–Crippen LogP) is 3.20. The second kappa shape index (κ2) is 8.20. The van der Waals surface area contributed by atoms with Crippen LogP contribution in [0.4, 0.5) is 0 Å². The van der Waals surface area contributed by atoms with E-state index in [1.165, 1.54) is 4.31 Å². The highest BCUT2D eigenvalue weighted by Crippen LogP contribution is 2.18. The zero-order chi connectivity index (χ0) is 18.6. The van der Waals surface area contributed by atoms with Gasteiger partial charge in [-0.2, -0.15) is 0 Å². The zero-order valence-electron chi connectivity index (χ0n) is 14.3. The second-order valence-electron chi connectivity index (χ2n) is 6.33. The van der Waals surface area contributed by atoms with Gasteiger partial charge in [0.05, 0.1) is 5.75 Å². The second-order valence-corrected chi connectivity index (χ2v) is 8.71. The van der Waals surface area contributed by atoms with Crippen molar-refractivity contribution in [1.82, 2.24) is 9.62 Å². The monoisotopic (exact) mass is 392 g/mol. The molecule has 138 valence electrons. The lowest BCUT2D eigenvalue weighted by Gasteiger charge is -2.15. The molecule has 0 spiro atoms. The molecule has 0 atom stereocenters. The SMILES string of the molecule is O=C(NCc1ccccc1Cl)c1ccc(CS(=O)(=O)N2CCCC2)cc1. The summed E-state index contributed by atoms with van der Waals surface area (Å²) in [6.07, 6.45) is 1.84. The van der Waals surface area contributed by atoms with E-state index < -0.39 is 10.0 Å². The lowest BCUT2D eigenvalue weighted by molar-refractivity contribution is 0.0951. The summed E-state index contributed by atoms with van der Waals surface area (Å²) in [5.74, 6) is -0.256. The van der Waals surface area contributed by atoms with E-state index in [-0.39, 0.29) is 11.7 Å². The minimum Gasteiger partial charge on any atom is -0.348 e. The molecule has 1 fully saturated rings. The molecule has 1 amide bonds. The Morgan fingerprint density at radius 1 is 1.04 bits per heavy atom. The van der Waals surface area contributed by atoms with Crippen LogP contribution in [0.25, 0.3) is 0 Å². The number of nitrogens with zero attached hydrogens (tertiary/aromatic N) is 1. The number of hydrogen-bond acceptors (Lipinski definition) is 3. The summed E-state index contributed by atoms with van der Waals surface area (Å²) in [6, 6.07) is 14.0. The Hall–Kier alpha value is -1.89. The van der Waals surface area contributed by atoms with Crippen molar-refractivity contribution in [3.05, 3.63) is 70.2 Å². The molecule has 1 N–H and O–H groups in total. The standard InChI is InChI=1S/C19H21ClN2O3S/c20-18-6-2-1-5-17(18)13-21-19(23)16-9-7-15(8-10-16)14-26(24,25)22-11-3-4-12-22/h1-2,5-10H,3-4,11-14H2,(H,21,23). The molecule has 3 rings (SSSR count). The van der Waals surface area contributed by atoms with Gasteiger partial charge in [0, 0.05) is 30.2 Å². The van der Waals surface area contributed by atoms with Crippen molar-refractivity contribution in [3.63, 3.8) is 0 Å². The van der Waals surface area contributed by atoms with Gasteiger partial charge in [0.1, 0.15) is 0 Å². The Bertz CT molecular complexity index is 876. The minimum atomic E-state index is -3.28. The highest BCUT2D eigenvalue weighted by molar-refractivity contribution is 7.88. The highest BCUT2D eigenvalue weighted by Gasteiger charge is 2.25. The molecule has 26 heavy (non-hydrogen) atoms. The molecule has 0 aliphatic carbocycles. The fourth-order valence-electron chi connectivity index (χ4n) is 2.94. The number of hydrogen-bond donors (Lipinski definition) is 1. The van der Waals surface area contributed by atoms with Gasteiger partial charge in [-0.25, -0.2) is 12.7 Å². The molecule has 0 aromatic heterocycles. The van der Waals surface area contributed by atoms with Crippen LogP contribution < -0.4 is 5.32 Å². The van der Waals surface area contributed by atoms with Crippen LogP contribution >= 0.6 is 11.6 Å². The molecule has 0 saturated carbocycles. The lowest BCUT2D eigenvalue weighted by atomic mass is 10.1. The molecule has 1 aliphatic heterocycles. The van der Waals surface area contributed by atoms with E-state index in [0.29, 0.717) is 35.8 Å². The molecule has 1 aliphatic rings. The van der Waals surface area contributed by atoms with Crippen LogP contribution in [0.15, 0.2) is 48.5 Å². The Morgan fingerprint density at radius 3 is 2.35 bits per heavy atom. The Kier molecular flexibility index (Phi) is 5.96. The first-order chi connectivity index (χ1) is 12.5. The summed E-state index contributed by atoms with van der Waals surface area (Å²) in [5, 5.41) is 3.43. The van der Waals surface area contributed by atoms with E-state index in [9.17, 15) is 13.2 Å². The summed E-state index contributed by atoms with van der Waals surface area (Å²) < 4.78 is 26.2. The Labute approximate surface area is 159 Å². The Morgan fingerprint density at radius 2 is 1.69 bits per heavy atom. The first kappa shape index (κ1) is 18.9. The molecular formula is C19H21ClN2O3S. The predicted molar refractivity (Wildman–Crippen MR) is 102 cm³/mol. The normalized spacial score (nSPS) is 15.1. The fourth-order valence-corrected chi connectivity index (χ4v) is 4.75. The van der Waals surface area contributed by atoms with Crippen molar-refractivity contribution in [2.45, 2.75) is 25.1 Å². The van der Waals surface area contributed by atoms with Gasteiger partial charge in [0.25, 0.3) is 5.91 Å². The molecule has 5 nitrogen and oxygen atoms in total. The van der Waals surface area contributed by atoms with Crippen molar-refractivity contribution in [3.8, 4) is 0 Å². The summed E-state index contributed by atoms with van der Waals surface area (Å²) in [6.45, 7) is 1.54. The average Bonchev–Trinajstić information content (AvgIpc) is 3.17. The number of carbonyl (C=O) groups excluding carboxylic acids is 1. The van der Waals surface area contributed by atoms with Crippen LogP contribution in [0.2, 0.25) is 5.02 Å². The molecule has 0 unspecified atom stereocenters. The van der Waals surface area contributed by atoms with Crippen molar-refractivity contribution >= 4 is 27.5 Å². The molecule has 7 heteroatoms. The summed E-state index contributed by atoms with van der Waals surface area (Å²) in [5.41, 5.74) is 2.01. The largest absolute Gasteiger partial charge is 0.348 e. The van der Waals surface area contributed by atoms with Gasteiger partial charge in [-0.3, -0.25) is 4.79 Å². The number of amides is 1.